The van der Waals surface area contributed by atoms with Gasteiger partial charge in [-0.15, -0.1) is 0 Å². The summed E-state index contributed by atoms with van der Waals surface area (Å²) in [7, 11) is 0. The standard InChI is InChI=1S/C24H22ClN3O5/c1-12-15(25)8-7-14-20(12)26-23(33)24(14)19-18(16(27-24)9-10-17(29)30)21(31)28(22(19)32)11-13-5-3-2-4-6-13/h2-8,16,18-19,27H,9-11H2,1H3,(H,26,33)(H,29,30)/t16-,18+,19-,24+/m0/s1. The predicted molar refractivity (Wildman–Crippen MR) is 115 cm³/mol. The zero-order chi connectivity index (χ0) is 23.5. The summed E-state index contributed by atoms with van der Waals surface area (Å²) in [5.74, 6) is -4.18. The minimum atomic E-state index is -1.36. The largest absolute Gasteiger partial charge is 0.550 e. The number of amides is 3. The Morgan fingerprint density at radius 1 is 1.15 bits per heavy atom. The molecule has 9 heteroatoms. The quantitative estimate of drug-likeness (QED) is 0.602. The van der Waals surface area contributed by atoms with E-state index in [4.69, 9.17) is 11.6 Å². The number of imide groups is 1. The van der Waals surface area contributed by atoms with Crippen molar-refractivity contribution in [1.82, 2.24) is 4.90 Å². The van der Waals surface area contributed by atoms with Crippen LogP contribution in [0.1, 0.15) is 29.5 Å². The Bertz CT molecular complexity index is 1200. The van der Waals surface area contributed by atoms with Gasteiger partial charge in [0.05, 0.1) is 12.2 Å². The number of carboxylic acids is 1. The Kier molecular flexibility index (Phi) is 5.02. The van der Waals surface area contributed by atoms with E-state index in [1.54, 1.807) is 24.4 Å². The first-order valence-electron chi connectivity index (χ1n) is 10.8. The van der Waals surface area contributed by atoms with Gasteiger partial charge in [-0.3, -0.25) is 19.3 Å². The van der Waals surface area contributed by atoms with Gasteiger partial charge >= 0.3 is 0 Å². The van der Waals surface area contributed by atoms with E-state index in [1.165, 1.54) is 4.90 Å². The molecule has 3 N–H and O–H groups in total. The number of likely N-dealkylation sites (tertiary alicyclic amines) is 1. The van der Waals surface area contributed by atoms with Crippen LogP contribution in [0.2, 0.25) is 5.02 Å². The number of fused-ring (bicyclic) bond motifs is 4. The van der Waals surface area contributed by atoms with Gasteiger partial charge < -0.3 is 20.5 Å². The van der Waals surface area contributed by atoms with Crippen LogP contribution in [0.25, 0.3) is 0 Å². The van der Waals surface area contributed by atoms with Gasteiger partial charge in [0.1, 0.15) is 17.9 Å². The van der Waals surface area contributed by atoms with Crippen molar-refractivity contribution < 1.29 is 29.6 Å². The van der Waals surface area contributed by atoms with Crippen LogP contribution >= 0.6 is 11.6 Å². The fourth-order valence-corrected chi connectivity index (χ4v) is 5.84. The number of benzene rings is 2. The molecule has 3 aliphatic rings. The van der Waals surface area contributed by atoms with Gasteiger partial charge in [-0.25, -0.2) is 0 Å². The summed E-state index contributed by atoms with van der Waals surface area (Å²) in [6, 6.07) is 12.0. The predicted octanol–water partition coefficient (Wildman–Crippen LogP) is 0.0729. The van der Waals surface area contributed by atoms with Crippen molar-refractivity contribution in [3.05, 3.63) is 64.2 Å². The number of anilines is 1. The molecule has 0 aromatic heterocycles. The number of carbonyl (C=O) groups is 4. The third-order valence-electron chi connectivity index (χ3n) is 7.20. The Balaban J connectivity index is 1.61. The molecule has 3 heterocycles. The van der Waals surface area contributed by atoms with Crippen molar-refractivity contribution in [1.29, 1.82) is 0 Å². The number of hydrogen-bond donors (Lipinski definition) is 2. The fourth-order valence-electron chi connectivity index (χ4n) is 5.68. The van der Waals surface area contributed by atoms with Crippen LogP contribution in [0.5, 0.6) is 0 Å². The molecule has 2 aromatic rings. The molecule has 3 amide bonds. The topological polar surface area (TPSA) is 123 Å². The molecule has 0 radical (unpaired) electrons. The summed E-state index contributed by atoms with van der Waals surface area (Å²) in [5.41, 5.74) is 1.26. The highest BCUT2D eigenvalue weighted by Crippen LogP contribution is 2.51. The van der Waals surface area contributed by atoms with E-state index < -0.39 is 41.2 Å². The van der Waals surface area contributed by atoms with Gasteiger partial charge in [0.25, 0.3) is 5.91 Å². The summed E-state index contributed by atoms with van der Waals surface area (Å²) in [5, 5.41) is 16.2. The molecule has 0 bridgehead atoms. The molecule has 5 rings (SSSR count). The van der Waals surface area contributed by atoms with E-state index in [2.05, 4.69) is 5.32 Å². The van der Waals surface area contributed by atoms with Crippen LogP contribution in [-0.4, -0.2) is 34.6 Å². The van der Waals surface area contributed by atoms with Crippen molar-refractivity contribution in [2.24, 2.45) is 11.8 Å². The molecule has 0 unspecified atom stereocenters. The molecule has 2 saturated heterocycles. The van der Waals surface area contributed by atoms with Crippen LogP contribution < -0.4 is 15.7 Å². The maximum absolute atomic E-state index is 13.7. The van der Waals surface area contributed by atoms with Crippen LogP contribution in [0.15, 0.2) is 42.5 Å². The molecule has 0 saturated carbocycles. The third kappa shape index (κ3) is 3.08. The lowest BCUT2D eigenvalue weighted by atomic mass is 9.76. The van der Waals surface area contributed by atoms with E-state index >= 15 is 0 Å². The highest BCUT2D eigenvalue weighted by molar-refractivity contribution is 6.32. The summed E-state index contributed by atoms with van der Waals surface area (Å²) in [4.78, 5) is 53.1. The van der Waals surface area contributed by atoms with Crippen molar-refractivity contribution >= 4 is 41.0 Å². The SMILES string of the molecule is Cc1c(Cl)ccc2c1NC(=O)[C@@]21[NH2+][C@@H](CCC(=O)[O-])[C@H]2C(=O)N(Cc3ccccc3)C(=O)[C@H]21. The highest BCUT2D eigenvalue weighted by Gasteiger charge is 2.74. The number of rotatable bonds is 5. The summed E-state index contributed by atoms with van der Waals surface area (Å²) in [6.45, 7) is 1.88. The van der Waals surface area contributed by atoms with Gasteiger partial charge in [-0.1, -0.05) is 41.9 Å². The van der Waals surface area contributed by atoms with E-state index in [-0.39, 0.29) is 25.3 Å². The number of carboxylic acid groups (broad SMARTS) is 1. The second-order valence-corrected chi connectivity index (χ2v) is 9.32. The fraction of sp³-hybridized carbons (Fsp3) is 0.333. The Hall–Kier alpha value is -3.23. The first kappa shape index (κ1) is 21.6. The summed E-state index contributed by atoms with van der Waals surface area (Å²) >= 11 is 6.26. The number of nitrogens with one attached hydrogen (secondary N) is 1. The molecule has 1 spiro atoms. The molecule has 4 atom stereocenters. The lowest BCUT2D eigenvalue weighted by molar-refractivity contribution is -0.734. The molecule has 2 aromatic carbocycles. The van der Waals surface area contributed by atoms with Gasteiger partial charge in [-0.05, 0) is 36.6 Å². The van der Waals surface area contributed by atoms with E-state index in [0.717, 1.165) is 5.56 Å². The van der Waals surface area contributed by atoms with Crippen molar-refractivity contribution in [2.75, 3.05) is 5.32 Å². The lowest BCUT2D eigenvalue weighted by Crippen LogP contribution is -2.99. The normalized spacial score (nSPS) is 27.8. The van der Waals surface area contributed by atoms with Gasteiger partial charge in [0.2, 0.25) is 17.4 Å². The Morgan fingerprint density at radius 3 is 2.58 bits per heavy atom. The second kappa shape index (κ2) is 7.67. The number of quaternary nitrogens is 1. The van der Waals surface area contributed by atoms with Gasteiger partial charge in [0, 0.05) is 23.0 Å². The first-order valence-corrected chi connectivity index (χ1v) is 11.2. The average Bonchev–Trinajstić information content (AvgIpc) is 3.37. The molecule has 0 aliphatic carbocycles. The van der Waals surface area contributed by atoms with E-state index in [1.807, 2.05) is 30.3 Å². The van der Waals surface area contributed by atoms with Crippen molar-refractivity contribution in [3.63, 3.8) is 0 Å². The molecule has 3 aliphatic heterocycles. The number of nitrogens with two attached hydrogens (primary N) is 1. The van der Waals surface area contributed by atoms with E-state index in [9.17, 15) is 24.3 Å². The third-order valence-corrected chi connectivity index (χ3v) is 7.60. The molecular formula is C24H22ClN3O5. The van der Waals surface area contributed by atoms with Crippen molar-refractivity contribution in [2.45, 2.75) is 37.9 Å². The van der Waals surface area contributed by atoms with Crippen LogP contribution in [0.3, 0.4) is 0 Å². The number of carbonyl (C=O) groups excluding carboxylic acids is 4. The maximum Gasteiger partial charge on any atom is 0.291 e. The van der Waals surface area contributed by atoms with Gasteiger partial charge in [0.15, 0.2) is 0 Å². The second-order valence-electron chi connectivity index (χ2n) is 8.91. The monoisotopic (exact) mass is 467 g/mol. The van der Waals surface area contributed by atoms with Gasteiger partial charge in [-0.2, -0.15) is 0 Å². The summed E-state index contributed by atoms with van der Waals surface area (Å²) < 4.78 is 0. The number of nitrogens with zero attached hydrogens (tertiary/aromatic N) is 1. The molecule has 170 valence electrons. The Morgan fingerprint density at radius 2 is 1.88 bits per heavy atom. The maximum atomic E-state index is 13.7. The number of aliphatic carboxylic acids is 1. The van der Waals surface area contributed by atoms with Crippen LogP contribution in [0, 0.1) is 18.8 Å². The molecular weight excluding hydrogens is 446 g/mol. The molecule has 8 nitrogen and oxygen atoms in total. The average molecular weight is 468 g/mol. The lowest BCUT2D eigenvalue weighted by Gasteiger charge is -2.26. The minimum absolute atomic E-state index is 0.100. The molecule has 2 fully saturated rings. The Labute approximate surface area is 194 Å². The minimum Gasteiger partial charge on any atom is -0.550 e. The van der Waals surface area contributed by atoms with Crippen molar-refractivity contribution in [3.8, 4) is 0 Å². The first-order chi connectivity index (χ1) is 15.8. The van der Waals surface area contributed by atoms with Crippen LogP contribution in [0.4, 0.5) is 5.69 Å². The molecule has 33 heavy (non-hydrogen) atoms. The highest BCUT2D eigenvalue weighted by atomic mass is 35.5. The smallest absolute Gasteiger partial charge is 0.291 e. The summed E-state index contributed by atoms with van der Waals surface area (Å²) in [6.07, 6.45) is -0.159. The number of hydrogen-bond acceptors (Lipinski definition) is 5. The van der Waals surface area contributed by atoms with E-state index in [0.29, 0.717) is 21.8 Å². The zero-order valence-electron chi connectivity index (χ0n) is 17.8. The zero-order valence-corrected chi connectivity index (χ0v) is 18.6. The number of halogens is 1. The van der Waals surface area contributed by atoms with Crippen LogP contribution in [-0.2, 0) is 31.3 Å².